The molecule has 1 heterocycles. The molecule has 1 aromatic heterocycles. The molecule has 0 aliphatic heterocycles. The Hall–Kier alpha value is -1.70. The summed E-state index contributed by atoms with van der Waals surface area (Å²) in [5.74, 6) is 2.18. The van der Waals surface area contributed by atoms with Crippen LogP contribution in [-0.4, -0.2) is 12.3 Å². The molecule has 0 aliphatic carbocycles. The van der Waals surface area contributed by atoms with Gasteiger partial charge in [-0.25, -0.2) is 0 Å². The second kappa shape index (κ2) is 7.03. The van der Waals surface area contributed by atoms with Gasteiger partial charge in [0.25, 0.3) is 0 Å². The van der Waals surface area contributed by atoms with Crippen LogP contribution < -0.4 is 5.32 Å². The van der Waals surface area contributed by atoms with Gasteiger partial charge in [-0.2, -0.15) is 5.26 Å². The lowest BCUT2D eigenvalue weighted by Crippen LogP contribution is -2.16. The lowest BCUT2D eigenvalue weighted by molar-refractivity contribution is 0.478. The van der Waals surface area contributed by atoms with Gasteiger partial charge in [0.1, 0.15) is 11.8 Å². The summed E-state index contributed by atoms with van der Waals surface area (Å²) < 4.78 is 5.28. The van der Waals surface area contributed by atoms with Gasteiger partial charge in [-0.3, -0.25) is 0 Å². The first-order chi connectivity index (χ1) is 9.28. The fraction of sp³-hybridized carbons (Fsp3) is 0.267. The molecule has 1 N–H and O–H groups in total. The van der Waals surface area contributed by atoms with Crippen LogP contribution in [0.1, 0.15) is 17.1 Å². The maximum absolute atomic E-state index is 8.64. The van der Waals surface area contributed by atoms with Crippen LogP contribution >= 0.6 is 11.8 Å². The Morgan fingerprint density at radius 1 is 1.21 bits per heavy atom. The summed E-state index contributed by atoms with van der Waals surface area (Å²) in [7, 11) is 0. The first kappa shape index (κ1) is 13.7. The van der Waals surface area contributed by atoms with E-state index in [0.717, 1.165) is 18.1 Å². The normalized spacial score (nSPS) is 10.3. The van der Waals surface area contributed by atoms with Crippen molar-refractivity contribution in [2.24, 2.45) is 0 Å². The third-order valence-corrected chi connectivity index (χ3v) is 3.65. The van der Waals surface area contributed by atoms with Crippen LogP contribution in [0.3, 0.4) is 0 Å². The molecule has 2 rings (SSSR count). The second-order valence-electron chi connectivity index (χ2n) is 4.22. The maximum atomic E-state index is 8.64. The highest BCUT2D eigenvalue weighted by Crippen LogP contribution is 2.17. The first-order valence-corrected chi connectivity index (χ1v) is 7.15. The zero-order valence-corrected chi connectivity index (χ0v) is 11.7. The van der Waals surface area contributed by atoms with Crippen LogP contribution in [0.5, 0.6) is 0 Å². The average Bonchev–Trinajstić information content (AvgIpc) is 2.88. The van der Waals surface area contributed by atoms with Gasteiger partial charge in [0.05, 0.1) is 6.54 Å². The molecular weight excluding hydrogens is 256 g/mol. The largest absolute Gasteiger partial charge is 0.449 e. The Morgan fingerprint density at radius 3 is 2.68 bits per heavy atom. The molecule has 0 radical (unpaired) electrons. The fourth-order valence-electron chi connectivity index (χ4n) is 1.62. The van der Waals surface area contributed by atoms with E-state index in [1.165, 1.54) is 10.5 Å². The van der Waals surface area contributed by atoms with Crippen LogP contribution in [0, 0.1) is 18.3 Å². The molecule has 0 amide bonds. The molecule has 0 bridgehead atoms. The summed E-state index contributed by atoms with van der Waals surface area (Å²) in [6.45, 7) is 3.66. The molecule has 2 aromatic rings. The van der Waals surface area contributed by atoms with E-state index in [4.69, 9.17) is 9.68 Å². The van der Waals surface area contributed by atoms with Crippen molar-refractivity contribution in [1.29, 1.82) is 5.26 Å². The molecular formula is C15H16N2OS. The summed E-state index contributed by atoms with van der Waals surface area (Å²) in [6.07, 6.45) is 0. The van der Waals surface area contributed by atoms with Crippen molar-refractivity contribution in [2.75, 3.05) is 12.3 Å². The first-order valence-electron chi connectivity index (χ1n) is 6.17. The van der Waals surface area contributed by atoms with Gasteiger partial charge in [0.2, 0.25) is 5.76 Å². The van der Waals surface area contributed by atoms with Crippen molar-refractivity contribution in [2.45, 2.75) is 18.4 Å². The van der Waals surface area contributed by atoms with Gasteiger partial charge in [-0.15, -0.1) is 11.8 Å². The van der Waals surface area contributed by atoms with Crippen molar-refractivity contribution in [3.05, 3.63) is 53.5 Å². The summed E-state index contributed by atoms with van der Waals surface area (Å²) >= 11 is 1.83. The van der Waals surface area contributed by atoms with E-state index in [-0.39, 0.29) is 0 Å². The van der Waals surface area contributed by atoms with E-state index in [1.54, 1.807) is 6.07 Å². The molecule has 98 valence electrons. The maximum Gasteiger partial charge on any atom is 0.203 e. The monoisotopic (exact) mass is 272 g/mol. The van der Waals surface area contributed by atoms with E-state index < -0.39 is 0 Å². The minimum absolute atomic E-state index is 0.367. The minimum Gasteiger partial charge on any atom is -0.449 e. The highest BCUT2D eigenvalue weighted by molar-refractivity contribution is 7.99. The molecule has 4 heteroatoms. The Bertz CT molecular complexity index is 554. The summed E-state index contributed by atoms with van der Waals surface area (Å²) in [4.78, 5) is 1.29. The van der Waals surface area contributed by atoms with Crippen molar-refractivity contribution in [3.8, 4) is 6.07 Å². The van der Waals surface area contributed by atoms with Crippen LogP contribution in [0.4, 0.5) is 0 Å². The van der Waals surface area contributed by atoms with Crippen molar-refractivity contribution in [3.63, 3.8) is 0 Å². The molecule has 0 aliphatic rings. The number of hydrogen-bond donors (Lipinski definition) is 1. The van der Waals surface area contributed by atoms with E-state index in [0.29, 0.717) is 12.3 Å². The third-order valence-electron chi connectivity index (χ3n) is 2.64. The van der Waals surface area contributed by atoms with Crippen LogP contribution in [0.15, 0.2) is 45.7 Å². The summed E-state index contributed by atoms with van der Waals surface area (Å²) in [5.41, 5.74) is 1.29. The molecule has 19 heavy (non-hydrogen) atoms. The predicted molar refractivity (Wildman–Crippen MR) is 77.0 cm³/mol. The Kier molecular flexibility index (Phi) is 5.08. The number of nitrogens with one attached hydrogen (secondary N) is 1. The lowest BCUT2D eigenvalue weighted by Gasteiger charge is -2.03. The molecule has 0 fully saturated rings. The van der Waals surface area contributed by atoms with Crippen molar-refractivity contribution < 1.29 is 4.42 Å². The highest BCUT2D eigenvalue weighted by atomic mass is 32.2. The van der Waals surface area contributed by atoms with Crippen molar-refractivity contribution >= 4 is 11.8 Å². The Labute approximate surface area is 117 Å². The van der Waals surface area contributed by atoms with Gasteiger partial charge < -0.3 is 9.73 Å². The van der Waals surface area contributed by atoms with E-state index in [1.807, 2.05) is 23.9 Å². The van der Waals surface area contributed by atoms with Gasteiger partial charge >= 0.3 is 0 Å². The Morgan fingerprint density at radius 2 is 2.00 bits per heavy atom. The summed E-state index contributed by atoms with van der Waals surface area (Å²) in [6, 6.07) is 14.0. The van der Waals surface area contributed by atoms with Gasteiger partial charge in [-0.1, -0.05) is 17.7 Å². The zero-order valence-electron chi connectivity index (χ0n) is 10.8. The van der Waals surface area contributed by atoms with Gasteiger partial charge in [0, 0.05) is 17.2 Å². The van der Waals surface area contributed by atoms with Crippen LogP contribution in [0.2, 0.25) is 0 Å². The van der Waals surface area contributed by atoms with Crippen LogP contribution in [-0.2, 0) is 6.54 Å². The van der Waals surface area contributed by atoms with Crippen molar-refractivity contribution in [1.82, 2.24) is 5.32 Å². The molecule has 0 unspecified atom stereocenters. The number of nitrogens with zero attached hydrogens (tertiary/aromatic N) is 1. The molecule has 0 spiro atoms. The van der Waals surface area contributed by atoms with Crippen LogP contribution in [0.25, 0.3) is 0 Å². The van der Waals surface area contributed by atoms with Gasteiger partial charge in [-0.05, 0) is 31.2 Å². The minimum atomic E-state index is 0.367. The SMILES string of the molecule is Cc1ccc(SCCNCc2ccc(C#N)o2)cc1. The number of rotatable bonds is 6. The second-order valence-corrected chi connectivity index (χ2v) is 5.38. The Balaban J connectivity index is 1.64. The highest BCUT2D eigenvalue weighted by Gasteiger charge is 2.00. The number of thioether (sulfide) groups is 1. The standard InChI is InChI=1S/C15H16N2OS/c1-12-2-6-15(7-3-12)19-9-8-17-11-14-5-4-13(10-16)18-14/h2-7,17H,8-9,11H2,1H3. The lowest BCUT2D eigenvalue weighted by atomic mass is 10.2. The fourth-order valence-corrected chi connectivity index (χ4v) is 2.43. The quantitative estimate of drug-likeness (QED) is 0.647. The van der Waals surface area contributed by atoms with Gasteiger partial charge in [0.15, 0.2) is 0 Å². The number of benzene rings is 1. The number of nitriles is 1. The molecule has 0 atom stereocenters. The van der Waals surface area contributed by atoms with E-state index >= 15 is 0 Å². The van der Waals surface area contributed by atoms with E-state index in [9.17, 15) is 0 Å². The topological polar surface area (TPSA) is 49.0 Å². The number of hydrogen-bond acceptors (Lipinski definition) is 4. The molecule has 3 nitrogen and oxygen atoms in total. The molecule has 1 aromatic carbocycles. The zero-order chi connectivity index (χ0) is 13.5. The smallest absolute Gasteiger partial charge is 0.203 e. The van der Waals surface area contributed by atoms with E-state index in [2.05, 4.69) is 36.5 Å². The predicted octanol–water partition coefficient (Wildman–Crippen LogP) is 3.34. The number of furan rings is 1. The summed E-state index contributed by atoms with van der Waals surface area (Å²) in [5, 5.41) is 11.9. The average molecular weight is 272 g/mol. The third kappa shape index (κ3) is 4.47. The molecule has 0 saturated carbocycles. The molecule has 0 saturated heterocycles. The number of aryl methyl sites for hydroxylation is 1.